The molecule has 0 aliphatic carbocycles. The fourth-order valence-corrected chi connectivity index (χ4v) is 4.98. The zero-order valence-corrected chi connectivity index (χ0v) is 23.9. The molecule has 1 aromatic heterocycles. The molecule has 0 N–H and O–H groups in total. The van der Waals surface area contributed by atoms with Crippen LogP contribution >= 0.6 is 61.7 Å². The fourth-order valence-electron chi connectivity index (χ4n) is 3.37. The number of fused-ring (bicyclic) bond motifs is 1. The minimum Gasteiger partial charge on any atom is -0.490 e. The third kappa shape index (κ3) is 5.99. The molecule has 3 aromatic carbocycles. The maximum Gasteiger partial charge on any atom is 0.282 e. The molecule has 0 radical (unpaired) electrons. The Labute approximate surface area is 234 Å². The second-order valence-electron chi connectivity index (χ2n) is 7.47. The van der Waals surface area contributed by atoms with E-state index in [1.807, 2.05) is 31.2 Å². The molecule has 0 amide bonds. The Hall–Kier alpha value is -2.14. The van der Waals surface area contributed by atoms with Gasteiger partial charge in [0, 0.05) is 20.1 Å². The standard InChI is InChI=1S/C25H19BrCl2IN3O3/c1-3-34-23-9-15(8-21(29)24(23)35-13-16-4-6-18(27)11-20(16)28)12-30-32-14(2)31-22-7-5-17(26)10-19(22)25(32)33/h4-12H,3,13H2,1-2H3. The predicted octanol–water partition coefficient (Wildman–Crippen LogP) is 7.24. The van der Waals surface area contributed by atoms with Gasteiger partial charge in [-0.15, -0.1) is 0 Å². The molecule has 0 bridgehead atoms. The molecule has 4 aromatic rings. The topological polar surface area (TPSA) is 65.7 Å². The minimum atomic E-state index is -0.246. The van der Waals surface area contributed by atoms with Gasteiger partial charge < -0.3 is 9.47 Å². The summed E-state index contributed by atoms with van der Waals surface area (Å²) < 4.78 is 14.8. The first-order valence-corrected chi connectivity index (χ1v) is 13.2. The van der Waals surface area contributed by atoms with Gasteiger partial charge in [0.15, 0.2) is 11.5 Å². The van der Waals surface area contributed by atoms with Gasteiger partial charge in [-0.1, -0.05) is 45.2 Å². The van der Waals surface area contributed by atoms with Crippen LogP contribution in [0.4, 0.5) is 0 Å². The Morgan fingerprint density at radius 3 is 2.69 bits per heavy atom. The first-order valence-electron chi connectivity index (χ1n) is 10.5. The van der Waals surface area contributed by atoms with Crippen molar-refractivity contribution in [3.8, 4) is 11.5 Å². The van der Waals surface area contributed by atoms with Gasteiger partial charge >= 0.3 is 0 Å². The molecule has 0 saturated carbocycles. The molecule has 35 heavy (non-hydrogen) atoms. The Bertz CT molecular complexity index is 1510. The van der Waals surface area contributed by atoms with Crippen molar-refractivity contribution in [2.75, 3.05) is 6.61 Å². The van der Waals surface area contributed by atoms with E-state index in [-0.39, 0.29) is 12.2 Å². The Morgan fingerprint density at radius 2 is 1.94 bits per heavy atom. The molecule has 0 aliphatic heterocycles. The molecule has 10 heteroatoms. The zero-order valence-electron chi connectivity index (χ0n) is 18.7. The molecule has 0 unspecified atom stereocenters. The van der Waals surface area contributed by atoms with Gasteiger partial charge in [-0.3, -0.25) is 4.79 Å². The van der Waals surface area contributed by atoms with Crippen LogP contribution in [-0.4, -0.2) is 22.5 Å². The van der Waals surface area contributed by atoms with Crippen molar-refractivity contribution in [3.63, 3.8) is 0 Å². The first-order chi connectivity index (χ1) is 16.8. The van der Waals surface area contributed by atoms with Crippen molar-refractivity contribution < 1.29 is 9.47 Å². The van der Waals surface area contributed by atoms with Crippen LogP contribution in [0.15, 0.2) is 62.9 Å². The van der Waals surface area contributed by atoms with Gasteiger partial charge in [-0.05, 0) is 84.5 Å². The van der Waals surface area contributed by atoms with Gasteiger partial charge in [0.25, 0.3) is 5.56 Å². The van der Waals surface area contributed by atoms with Crippen LogP contribution in [0.1, 0.15) is 23.9 Å². The van der Waals surface area contributed by atoms with Gasteiger partial charge in [-0.2, -0.15) is 9.78 Å². The Balaban J connectivity index is 1.65. The van der Waals surface area contributed by atoms with Gasteiger partial charge in [0.2, 0.25) is 0 Å². The number of rotatable bonds is 7. The lowest BCUT2D eigenvalue weighted by molar-refractivity contribution is 0.267. The maximum absolute atomic E-state index is 13.0. The number of halogens is 4. The summed E-state index contributed by atoms with van der Waals surface area (Å²) in [6, 6.07) is 14.4. The number of benzene rings is 3. The summed E-state index contributed by atoms with van der Waals surface area (Å²) in [6.45, 7) is 4.35. The van der Waals surface area contributed by atoms with Crippen LogP contribution in [-0.2, 0) is 6.61 Å². The van der Waals surface area contributed by atoms with E-state index in [4.69, 9.17) is 32.7 Å². The van der Waals surface area contributed by atoms with E-state index in [1.54, 1.807) is 37.4 Å². The van der Waals surface area contributed by atoms with E-state index in [0.29, 0.717) is 44.9 Å². The summed E-state index contributed by atoms with van der Waals surface area (Å²) in [7, 11) is 0. The largest absolute Gasteiger partial charge is 0.490 e. The van der Waals surface area contributed by atoms with Crippen molar-refractivity contribution in [2.45, 2.75) is 20.5 Å². The normalized spacial score (nSPS) is 11.4. The fraction of sp³-hybridized carbons (Fsp3) is 0.160. The lowest BCUT2D eigenvalue weighted by Gasteiger charge is -2.15. The number of hydrogen-bond donors (Lipinski definition) is 0. The minimum absolute atomic E-state index is 0.246. The van der Waals surface area contributed by atoms with Crippen molar-refractivity contribution in [2.24, 2.45) is 5.10 Å². The van der Waals surface area contributed by atoms with Crippen LogP contribution in [0.5, 0.6) is 11.5 Å². The van der Waals surface area contributed by atoms with Crippen LogP contribution in [0.2, 0.25) is 10.0 Å². The third-order valence-electron chi connectivity index (χ3n) is 5.01. The van der Waals surface area contributed by atoms with Crippen LogP contribution in [0, 0.1) is 10.5 Å². The smallest absolute Gasteiger partial charge is 0.282 e. The van der Waals surface area contributed by atoms with E-state index in [0.717, 1.165) is 19.2 Å². The molecule has 0 fully saturated rings. The van der Waals surface area contributed by atoms with Crippen molar-refractivity contribution in [1.29, 1.82) is 0 Å². The molecule has 6 nitrogen and oxygen atoms in total. The van der Waals surface area contributed by atoms with E-state index in [1.165, 1.54) is 4.68 Å². The van der Waals surface area contributed by atoms with Crippen molar-refractivity contribution in [1.82, 2.24) is 9.66 Å². The third-order valence-corrected chi connectivity index (χ3v) is 6.89. The monoisotopic (exact) mass is 685 g/mol. The molecular weight excluding hydrogens is 668 g/mol. The summed E-state index contributed by atoms with van der Waals surface area (Å²) in [6.07, 6.45) is 1.60. The first kappa shape index (κ1) is 25.9. The highest BCUT2D eigenvalue weighted by atomic mass is 127. The second kappa shape index (κ2) is 11.3. The van der Waals surface area contributed by atoms with Crippen molar-refractivity contribution in [3.05, 3.63) is 93.9 Å². The van der Waals surface area contributed by atoms with E-state index in [2.05, 4.69) is 48.6 Å². The summed E-state index contributed by atoms with van der Waals surface area (Å²) in [5.74, 6) is 1.65. The zero-order chi connectivity index (χ0) is 25.1. The predicted molar refractivity (Wildman–Crippen MR) is 153 cm³/mol. The van der Waals surface area contributed by atoms with E-state index < -0.39 is 0 Å². The number of nitrogens with zero attached hydrogens (tertiary/aromatic N) is 3. The Kier molecular flexibility index (Phi) is 8.36. The van der Waals surface area contributed by atoms with E-state index >= 15 is 0 Å². The molecule has 0 atom stereocenters. The van der Waals surface area contributed by atoms with Gasteiger partial charge in [0.05, 0.1) is 27.3 Å². The number of ether oxygens (including phenoxy) is 2. The highest BCUT2D eigenvalue weighted by molar-refractivity contribution is 14.1. The lowest BCUT2D eigenvalue weighted by Crippen LogP contribution is -2.20. The average Bonchev–Trinajstić information content (AvgIpc) is 2.80. The average molecular weight is 687 g/mol. The summed E-state index contributed by atoms with van der Waals surface area (Å²) in [5, 5.41) is 5.99. The van der Waals surface area contributed by atoms with Crippen LogP contribution in [0.25, 0.3) is 10.9 Å². The van der Waals surface area contributed by atoms with Crippen LogP contribution < -0.4 is 15.0 Å². The number of aromatic nitrogens is 2. The van der Waals surface area contributed by atoms with Crippen LogP contribution in [0.3, 0.4) is 0 Å². The van der Waals surface area contributed by atoms with E-state index in [9.17, 15) is 4.79 Å². The van der Waals surface area contributed by atoms with Crippen molar-refractivity contribution >= 4 is 78.8 Å². The molecule has 0 aliphatic rings. The molecule has 4 rings (SSSR count). The quantitative estimate of drug-likeness (QED) is 0.152. The van der Waals surface area contributed by atoms with Gasteiger partial charge in [0.1, 0.15) is 12.4 Å². The second-order valence-corrected chi connectivity index (χ2v) is 10.4. The molecule has 1 heterocycles. The highest BCUT2D eigenvalue weighted by Gasteiger charge is 2.14. The highest BCUT2D eigenvalue weighted by Crippen LogP contribution is 2.35. The summed E-state index contributed by atoms with van der Waals surface area (Å²) in [4.78, 5) is 17.5. The summed E-state index contributed by atoms with van der Waals surface area (Å²) >= 11 is 17.9. The molecular formula is C25H19BrCl2IN3O3. The van der Waals surface area contributed by atoms with Gasteiger partial charge in [-0.25, -0.2) is 4.98 Å². The lowest BCUT2D eigenvalue weighted by atomic mass is 10.2. The molecule has 0 saturated heterocycles. The Morgan fingerprint density at radius 1 is 1.14 bits per heavy atom. The number of aryl methyl sites for hydroxylation is 1. The number of hydrogen-bond acceptors (Lipinski definition) is 5. The SMILES string of the molecule is CCOc1cc(C=Nn2c(C)nc3ccc(Br)cc3c2=O)cc(I)c1OCc1ccc(Cl)cc1Cl. The maximum atomic E-state index is 13.0. The molecule has 180 valence electrons. The summed E-state index contributed by atoms with van der Waals surface area (Å²) in [5.41, 5.74) is 1.93. The molecule has 0 spiro atoms.